The topological polar surface area (TPSA) is 50.8 Å². The molecule has 1 aromatic rings. The van der Waals surface area contributed by atoms with Crippen molar-refractivity contribution < 1.29 is 14.3 Å². The molecular formula is C17H26N2O3. The molecule has 1 aliphatic rings. The van der Waals surface area contributed by atoms with E-state index in [1.807, 2.05) is 23.1 Å². The van der Waals surface area contributed by atoms with Gasteiger partial charge in [-0.2, -0.15) is 0 Å². The highest BCUT2D eigenvalue weighted by Crippen LogP contribution is 2.25. The second-order valence-electron chi connectivity index (χ2n) is 5.50. The Hall–Kier alpha value is -1.59. The van der Waals surface area contributed by atoms with E-state index in [0.717, 1.165) is 49.4 Å². The maximum atomic E-state index is 12.6. The van der Waals surface area contributed by atoms with Gasteiger partial charge in [0.2, 0.25) is 5.91 Å². The van der Waals surface area contributed by atoms with Crippen LogP contribution in [-0.2, 0) is 22.4 Å². The summed E-state index contributed by atoms with van der Waals surface area (Å²) in [5.41, 5.74) is 2.20. The average molecular weight is 306 g/mol. The molecule has 0 saturated heterocycles. The minimum Gasteiger partial charge on any atom is -0.497 e. The lowest BCUT2D eigenvalue weighted by Gasteiger charge is -2.29. The molecule has 5 heteroatoms. The molecule has 1 heterocycles. The van der Waals surface area contributed by atoms with Crippen molar-refractivity contribution in [2.45, 2.75) is 32.4 Å². The fourth-order valence-electron chi connectivity index (χ4n) is 2.85. The molecule has 1 unspecified atom stereocenters. The Kier molecular flexibility index (Phi) is 6.21. The molecule has 0 fully saturated rings. The van der Waals surface area contributed by atoms with Gasteiger partial charge in [0.05, 0.1) is 13.5 Å². The molecule has 1 aliphatic heterocycles. The molecule has 2 rings (SSSR count). The summed E-state index contributed by atoms with van der Waals surface area (Å²) in [5.74, 6) is 0.913. The van der Waals surface area contributed by atoms with Crippen molar-refractivity contribution >= 4 is 5.91 Å². The Labute approximate surface area is 132 Å². The second-order valence-corrected chi connectivity index (χ2v) is 5.50. The molecule has 1 amide bonds. The smallest absolute Gasteiger partial charge is 0.229 e. The largest absolute Gasteiger partial charge is 0.497 e. The van der Waals surface area contributed by atoms with E-state index in [1.54, 1.807) is 14.2 Å². The summed E-state index contributed by atoms with van der Waals surface area (Å²) in [4.78, 5) is 14.5. The lowest BCUT2D eigenvalue weighted by Crippen LogP contribution is -2.43. The van der Waals surface area contributed by atoms with Crippen molar-refractivity contribution in [2.24, 2.45) is 0 Å². The van der Waals surface area contributed by atoms with Crippen molar-refractivity contribution in [3.05, 3.63) is 29.3 Å². The number of methoxy groups -OCH3 is 2. The number of hydrogen-bond donors (Lipinski definition) is 1. The number of ether oxygens (including phenoxy) is 2. The van der Waals surface area contributed by atoms with E-state index in [-0.39, 0.29) is 12.1 Å². The summed E-state index contributed by atoms with van der Waals surface area (Å²) in [6.07, 6.45) is 1.87. The zero-order valence-corrected chi connectivity index (χ0v) is 13.7. The minimum atomic E-state index is -0.191. The Balaban J connectivity index is 2.12. The Morgan fingerprint density at radius 3 is 2.82 bits per heavy atom. The van der Waals surface area contributed by atoms with Crippen LogP contribution >= 0.6 is 0 Å². The van der Waals surface area contributed by atoms with Crippen LogP contribution < -0.4 is 10.1 Å². The summed E-state index contributed by atoms with van der Waals surface area (Å²) in [6.45, 7) is 4.67. The Bertz CT molecular complexity index is 505. The van der Waals surface area contributed by atoms with E-state index in [4.69, 9.17) is 9.47 Å². The molecule has 5 nitrogen and oxygen atoms in total. The van der Waals surface area contributed by atoms with E-state index >= 15 is 0 Å². The summed E-state index contributed by atoms with van der Waals surface area (Å²) in [7, 11) is 3.31. The van der Waals surface area contributed by atoms with Crippen LogP contribution in [0.5, 0.6) is 5.75 Å². The first-order valence-corrected chi connectivity index (χ1v) is 7.88. The number of carbonyl (C=O) groups excluding carboxylic acids is 1. The number of rotatable bonds is 7. The number of nitrogens with zero attached hydrogens (tertiary/aromatic N) is 1. The minimum absolute atomic E-state index is 0.121. The van der Waals surface area contributed by atoms with Gasteiger partial charge in [-0.25, -0.2) is 0 Å². The van der Waals surface area contributed by atoms with Gasteiger partial charge in [0.1, 0.15) is 12.0 Å². The highest BCUT2D eigenvalue weighted by Gasteiger charge is 2.28. The van der Waals surface area contributed by atoms with E-state index in [0.29, 0.717) is 6.42 Å². The first kappa shape index (κ1) is 16.8. The summed E-state index contributed by atoms with van der Waals surface area (Å²) < 4.78 is 10.8. The summed E-state index contributed by atoms with van der Waals surface area (Å²) in [6, 6.07) is 5.94. The van der Waals surface area contributed by atoms with Crippen LogP contribution in [0.3, 0.4) is 0 Å². The summed E-state index contributed by atoms with van der Waals surface area (Å²) in [5, 5.41) is 3.29. The quantitative estimate of drug-likeness (QED) is 0.777. The third-order valence-corrected chi connectivity index (χ3v) is 4.09. The SMILES string of the molecule is CCNCCCN1C(=O)Cc2cc(OC)ccc2CC1OC. The first-order chi connectivity index (χ1) is 10.7. The molecule has 0 bridgehead atoms. The normalized spacial score (nSPS) is 18.0. The van der Waals surface area contributed by atoms with Gasteiger partial charge in [-0.1, -0.05) is 13.0 Å². The van der Waals surface area contributed by atoms with Crippen molar-refractivity contribution in [3.8, 4) is 5.75 Å². The van der Waals surface area contributed by atoms with Crippen molar-refractivity contribution in [1.82, 2.24) is 10.2 Å². The van der Waals surface area contributed by atoms with Crippen LogP contribution in [0.2, 0.25) is 0 Å². The number of amides is 1. The predicted octanol–water partition coefficient (Wildman–Crippen LogP) is 1.59. The molecule has 22 heavy (non-hydrogen) atoms. The van der Waals surface area contributed by atoms with Gasteiger partial charge < -0.3 is 19.7 Å². The van der Waals surface area contributed by atoms with Gasteiger partial charge in [0.25, 0.3) is 0 Å². The highest BCUT2D eigenvalue weighted by molar-refractivity contribution is 5.80. The van der Waals surface area contributed by atoms with Crippen LogP contribution in [0.25, 0.3) is 0 Å². The highest BCUT2D eigenvalue weighted by atomic mass is 16.5. The third kappa shape index (κ3) is 3.99. The van der Waals surface area contributed by atoms with Gasteiger partial charge in [-0.3, -0.25) is 4.79 Å². The number of carbonyl (C=O) groups is 1. The monoisotopic (exact) mass is 306 g/mol. The van der Waals surface area contributed by atoms with Gasteiger partial charge >= 0.3 is 0 Å². The van der Waals surface area contributed by atoms with Crippen molar-refractivity contribution in [1.29, 1.82) is 0 Å². The van der Waals surface area contributed by atoms with Crippen LogP contribution in [0, 0.1) is 0 Å². The molecular weight excluding hydrogens is 280 g/mol. The molecule has 1 aromatic carbocycles. The van der Waals surface area contributed by atoms with Crippen molar-refractivity contribution in [2.75, 3.05) is 33.9 Å². The molecule has 122 valence electrons. The average Bonchev–Trinajstić information content (AvgIpc) is 2.66. The maximum Gasteiger partial charge on any atom is 0.229 e. The second kappa shape index (κ2) is 8.15. The van der Waals surface area contributed by atoms with Gasteiger partial charge in [-0.15, -0.1) is 0 Å². The molecule has 0 aromatic heterocycles. The van der Waals surface area contributed by atoms with E-state index in [2.05, 4.69) is 12.2 Å². The number of benzene rings is 1. The number of fused-ring (bicyclic) bond motifs is 1. The Morgan fingerprint density at radius 1 is 1.32 bits per heavy atom. The van der Waals surface area contributed by atoms with Gasteiger partial charge in [-0.05, 0) is 42.8 Å². The fraction of sp³-hybridized carbons (Fsp3) is 0.588. The van der Waals surface area contributed by atoms with Crippen LogP contribution in [-0.4, -0.2) is 50.9 Å². The van der Waals surface area contributed by atoms with E-state index < -0.39 is 0 Å². The summed E-state index contributed by atoms with van der Waals surface area (Å²) >= 11 is 0. The standard InChI is InChI=1S/C17H26N2O3/c1-4-18-8-5-9-19-16(20)11-14-10-15(21-2)7-6-13(14)12-17(19)22-3/h6-7,10,17-18H,4-5,8-9,11-12H2,1-3H3. The molecule has 0 saturated carbocycles. The molecule has 1 atom stereocenters. The lowest BCUT2D eigenvalue weighted by atomic mass is 10.0. The fourth-order valence-corrected chi connectivity index (χ4v) is 2.85. The molecule has 0 aliphatic carbocycles. The zero-order chi connectivity index (χ0) is 15.9. The van der Waals surface area contributed by atoms with Crippen molar-refractivity contribution in [3.63, 3.8) is 0 Å². The van der Waals surface area contributed by atoms with Crippen LogP contribution in [0.1, 0.15) is 24.5 Å². The number of nitrogens with one attached hydrogen (secondary N) is 1. The van der Waals surface area contributed by atoms with Crippen LogP contribution in [0.4, 0.5) is 0 Å². The predicted molar refractivity (Wildman–Crippen MR) is 86.1 cm³/mol. The van der Waals surface area contributed by atoms with E-state index in [9.17, 15) is 4.79 Å². The molecule has 1 N–H and O–H groups in total. The third-order valence-electron chi connectivity index (χ3n) is 4.09. The Morgan fingerprint density at radius 2 is 2.14 bits per heavy atom. The molecule has 0 radical (unpaired) electrons. The lowest BCUT2D eigenvalue weighted by molar-refractivity contribution is -0.142. The zero-order valence-electron chi connectivity index (χ0n) is 13.7. The van der Waals surface area contributed by atoms with Gasteiger partial charge in [0, 0.05) is 20.1 Å². The first-order valence-electron chi connectivity index (χ1n) is 7.88. The number of hydrogen-bond acceptors (Lipinski definition) is 4. The molecule has 0 spiro atoms. The van der Waals surface area contributed by atoms with Gasteiger partial charge in [0.15, 0.2) is 0 Å². The van der Waals surface area contributed by atoms with E-state index in [1.165, 1.54) is 0 Å². The van der Waals surface area contributed by atoms with Crippen LogP contribution in [0.15, 0.2) is 18.2 Å². The maximum absolute atomic E-state index is 12.6.